The van der Waals surface area contributed by atoms with Gasteiger partial charge in [-0.05, 0) is 38.8 Å². The van der Waals surface area contributed by atoms with Crippen LogP contribution in [0.15, 0.2) is 24.3 Å². The van der Waals surface area contributed by atoms with Crippen molar-refractivity contribution >= 4 is 0 Å². The molecule has 0 saturated carbocycles. The second kappa shape index (κ2) is 5.64. The monoisotopic (exact) mass is 258 g/mol. The number of hydrogen-bond donors (Lipinski definition) is 0. The fourth-order valence-corrected chi connectivity index (χ4v) is 3.56. The molecule has 104 valence electrons. The average molecular weight is 258 g/mol. The van der Waals surface area contributed by atoms with Crippen molar-refractivity contribution in [3.63, 3.8) is 0 Å². The molecule has 2 saturated heterocycles. The van der Waals surface area contributed by atoms with Crippen LogP contribution in [0.3, 0.4) is 0 Å². The van der Waals surface area contributed by atoms with Crippen molar-refractivity contribution < 1.29 is 0 Å². The third-order valence-electron chi connectivity index (χ3n) is 4.82. The molecule has 3 rings (SSSR count). The summed E-state index contributed by atoms with van der Waals surface area (Å²) < 4.78 is 0. The van der Waals surface area contributed by atoms with Gasteiger partial charge in [-0.15, -0.1) is 0 Å². The quantitative estimate of drug-likeness (QED) is 0.804. The first-order valence-corrected chi connectivity index (χ1v) is 7.76. The second-order valence-corrected chi connectivity index (χ2v) is 6.41. The van der Waals surface area contributed by atoms with Gasteiger partial charge in [0, 0.05) is 31.7 Å². The molecule has 2 heterocycles. The number of piperidine rings is 1. The fraction of sp³-hybridized carbons (Fsp3) is 0.647. The van der Waals surface area contributed by atoms with E-state index in [0.717, 1.165) is 12.6 Å². The Labute approximate surface area is 117 Å². The molecule has 2 heteroatoms. The van der Waals surface area contributed by atoms with Crippen LogP contribution in [0.1, 0.15) is 37.3 Å². The Balaban J connectivity index is 1.65. The normalized spacial score (nSPS) is 29.2. The van der Waals surface area contributed by atoms with Crippen LogP contribution in [0.5, 0.6) is 0 Å². The van der Waals surface area contributed by atoms with Crippen molar-refractivity contribution in [1.29, 1.82) is 0 Å². The summed E-state index contributed by atoms with van der Waals surface area (Å²) in [6.45, 7) is 9.51. The van der Waals surface area contributed by atoms with Crippen LogP contribution in [0.25, 0.3) is 0 Å². The largest absolute Gasteiger partial charge is 0.298 e. The maximum Gasteiger partial charge on any atom is 0.0237 e. The first-order valence-electron chi connectivity index (χ1n) is 7.76. The Morgan fingerprint density at radius 3 is 2.68 bits per heavy atom. The molecule has 0 spiro atoms. The Bertz CT molecular complexity index is 412. The minimum atomic E-state index is 0.690. The maximum absolute atomic E-state index is 2.72. The SMILES string of the molecule is Cc1ccc(CN2CC3CCCCN3CC2C)cc1. The van der Waals surface area contributed by atoms with Crippen LogP contribution in [0, 0.1) is 6.92 Å². The van der Waals surface area contributed by atoms with E-state index in [-0.39, 0.29) is 0 Å². The number of rotatable bonds is 2. The van der Waals surface area contributed by atoms with Gasteiger partial charge in [0.1, 0.15) is 0 Å². The van der Waals surface area contributed by atoms with Gasteiger partial charge in [-0.3, -0.25) is 9.80 Å². The number of fused-ring (bicyclic) bond motifs is 1. The lowest BCUT2D eigenvalue weighted by atomic mass is 9.96. The molecular weight excluding hydrogens is 232 g/mol. The molecule has 1 aromatic carbocycles. The summed E-state index contributed by atoms with van der Waals surface area (Å²) in [5.41, 5.74) is 2.82. The van der Waals surface area contributed by atoms with Gasteiger partial charge < -0.3 is 0 Å². The highest BCUT2D eigenvalue weighted by Crippen LogP contribution is 2.25. The van der Waals surface area contributed by atoms with E-state index in [4.69, 9.17) is 0 Å². The highest BCUT2D eigenvalue weighted by atomic mass is 15.3. The van der Waals surface area contributed by atoms with Crippen molar-refractivity contribution in [2.45, 2.75) is 51.7 Å². The Morgan fingerprint density at radius 2 is 1.89 bits per heavy atom. The molecule has 2 aliphatic heterocycles. The molecule has 2 aliphatic rings. The molecule has 2 nitrogen and oxygen atoms in total. The molecule has 0 aliphatic carbocycles. The first kappa shape index (κ1) is 13.1. The van der Waals surface area contributed by atoms with Gasteiger partial charge in [0.2, 0.25) is 0 Å². The number of nitrogens with zero attached hydrogens (tertiary/aromatic N) is 2. The van der Waals surface area contributed by atoms with E-state index in [1.807, 2.05) is 0 Å². The van der Waals surface area contributed by atoms with Gasteiger partial charge in [0.05, 0.1) is 0 Å². The molecule has 1 aromatic rings. The van der Waals surface area contributed by atoms with Crippen molar-refractivity contribution in [2.75, 3.05) is 19.6 Å². The van der Waals surface area contributed by atoms with Crippen molar-refractivity contribution in [2.24, 2.45) is 0 Å². The highest BCUT2D eigenvalue weighted by molar-refractivity contribution is 5.21. The van der Waals surface area contributed by atoms with Crippen molar-refractivity contribution in [3.8, 4) is 0 Å². The lowest BCUT2D eigenvalue weighted by molar-refractivity contribution is 0.0111. The molecule has 0 radical (unpaired) electrons. The van der Waals surface area contributed by atoms with E-state index in [0.29, 0.717) is 6.04 Å². The van der Waals surface area contributed by atoms with E-state index in [2.05, 4.69) is 47.9 Å². The molecular formula is C17H26N2. The Kier molecular flexibility index (Phi) is 3.90. The van der Waals surface area contributed by atoms with Gasteiger partial charge in [0.15, 0.2) is 0 Å². The predicted octanol–water partition coefficient (Wildman–Crippen LogP) is 3.05. The zero-order valence-corrected chi connectivity index (χ0v) is 12.3. The molecule has 0 N–H and O–H groups in total. The predicted molar refractivity (Wildman–Crippen MR) is 80.3 cm³/mol. The van der Waals surface area contributed by atoms with E-state index >= 15 is 0 Å². The minimum absolute atomic E-state index is 0.690. The van der Waals surface area contributed by atoms with Crippen LogP contribution in [0.2, 0.25) is 0 Å². The third-order valence-corrected chi connectivity index (χ3v) is 4.82. The summed E-state index contributed by atoms with van der Waals surface area (Å²) >= 11 is 0. The van der Waals surface area contributed by atoms with Gasteiger partial charge in [-0.25, -0.2) is 0 Å². The maximum atomic E-state index is 2.72. The standard InChI is InChI=1S/C17H26N2/c1-14-6-8-16(9-7-14)12-19-13-17-5-3-4-10-18(17)11-15(19)2/h6-9,15,17H,3-5,10-13H2,1-2H3. The highest BCUT2D eigenvalue weighted by Gasteiger charge is 2.32. The smallest absolute Gasteiger partial charge is 0.0237 e. The summed E-state index contributed by atoms with van der Waals surface area (Å²) in [7, 11) is 0. The second-order valence-electron chi connectivity index (χ2n) is 6.41. The molecule has 2 unspecified atom stereocenters. The lowest BCUT2D eigenvalue weighted by Crippen LogP contribution is -2.58. The summed E-state index contributed by atoms with van der Waals surface area (Å²) in [5, 5.41) is 0. The third kappa shape index (κ3) is 3.01. The topological polar surface area (TPSA) is 6.48 Å². The summed E-state index contributed by atoms with van der Waals surface area (Å²) in [5.74, 6) is 0. The molecule has 0 aromatic heterocycles. The molecule has 2 atom stereocenters. The van der Waals surface area contributed by atoms with Crippen LogP contribution >= 0.6 is 0 Å². The Morgan fingerprint density at radius 1 is 1.11 bits per heavy atom. The van der Waals surface area contributed by atoms with E-state index < -0.39 is 0 Å². The van der Waals surface area contributed by atoms with Crippen molar-refractivity contribution in [3.05, 3.63) is 35.4 Å². The van der Waals surface area contributed by atoms with Crippen LogP contribution in [0.4, 0.5) is 0 Å². The number of benzene rings is 1. The van der Waals surface area contributed by atoms with Gasteiger partial charge in [0.25, 0.3) is 0 Å². The minimum Gasteiger partial charge on any atom is -0.298 e. The van der Waals surface area contributed by atoms with Crippen LogP contribution in [-0.4, -0.2) is 41.5 Å². The van der Waals surface area contributed by atoms with Gasteiger partial charge >= 0.3 is 0 Å². The van der Waals surface area contributed by atoms with Gasteiger partial charge in [-0.2, -0.15) is 0 Å². The van der Waals surface area contributed by atoms with Crippen LogP contribution < -0.4 is 0 Å². The summed E-state index contributed by atoms with van der Waals surface area (Å²) in [6, 6.07) is 10.5. The lowest BCUT2D eigenvalue weighted by Gasteiger charge is -2.47. The van der Waals surface area contributed by atoms with Crippen LogP contribution in [-0.2, 0) is 6.54 Å². The number of aryl methyl sites for hydroxylation is 1. The molecule has 2 fully saturated rings. The van der Waals surface area contributed by atoms with E-state index in [1.165, 1.54) is 50.0 Å². The fourth-order valence-electron chi connectivity index (χ4n) is 3.56. The summed E-state index contributed by atoms with van der Waals surface area (Å²) in [4.78, 5) is 5.40. The first-order chi connectivity index (χ1) is 9.22. The average Bonchev–Trinajstić information content (AvgIpc) is 2.42. The molecule has 19 heavy (non-hydrogen) atoms. The van der Waals surface area contributed by atoms with E-state index in [1.54, 1.807) is 0 Å². The summed E-state index contributed by atoms with van der Waals surface area (Å²) in [6.07, 6.45) is 4.23. The van der Waals surface area contributed by atoms with Crippen molar-refractivity contribution in [1.82, 2.24) is 9.80 Å². The number of piperazine rings is 1. The Hall–Kier alpha value is -0.860. The zero-order chi connectivity index (χ0) is 13.2. The molecule has 0 bridgehead atoms. The molecule has 0 amide bonds. The van der Waals surface area contributed by atoms with E-state index in [9.17, 15) is 0 Å². The number of hydrogen-bond acceptors (Lipinski definition) is 2. The van der Waals surface area contributed by atoms with Gasteiger partial charge in [-0.1, -0.05) is 36.2 Å². The zero-order valence-electron chi connectivity index (χ0n) is 12.3.